The van der Waals surface area contributed by atoms with Gasteiger partial charge in [-0.1, -0.05) is 134 Å². The van der Waals surface area contributed by atoms with Crippen molar-refractivity contribution in [1.82, 2.24) is 0 Å². The van der Waals surface area contributed by atoms with Crippen molar-refractivity contribution in [2.75, 3.05) is 6.61 Å². The van der Waals surface area contributed by atoms with Crippen LogP contribution in [0.2, 0.25) is 0 Å². The molecule has 4 aromatic carbocycles. The highest BCUT2D eigenvalue weighted by Crippen LogP contribution is 2.34. The molecule has 0 amide bonds. The Morgan fingerprint density at radius 2 is 1.07 bits per heavy atom. The van der Waals surface area contributed by atoms with E-state index in [-0.39, 0.29) is 5.92 Å². The van der Waals surface area contributed by atoms with Gasteiger partial charge in [0.15, 0.2) is 6.10 Å². The van der Waals surface area contributed by atoms with Crippen LogP contribution >= 0.6 is 0 Å². The number of hydrogen-bond donors (Lipinski definition) is 0. The molecule has 1 heterocycles. The van der Waals surface area contributed by atoms with Crippen LogP contribution in [0.25, 0.3) is 0 Å². The molecule has 1 aliphatic heterocycles. The Labute approximate surface area is 268 Å². The second-order valence-corrected chi connectivity index (χ2v) is 11.5. The fraction of sp³-hybridized carbons (Fsp3) is 0.300. The fourth-order valence-electron chi connectivity index (χ4n) is 5.45. The highest BCUT2D eigenvalue weighted by Gasteiger charge is 2.46. The molecule has 4 unspecified atom stereocenters. The fourth-order valence-corrected chi connectivity index (χ4v) is 5.45. The Morgan fingerprint density at radius 1 is 0.622 bits per heavy atom. The molecule has 0 radical (unpaired) electrons. The molecule has 0 saturated carbocycles. The van der Waals surface area contributed by atoms with Crippen molar-refractivity contribution in [2.24, 2.45) is 5.92 Å². The third kappa shape index (κ3) is 10.0. The van der Waals surface area contributed by atoms with Crippen LogP contribution in [0.15, 0.2) is 146 Å². The third-order valence-corrected chi connectivity index (χ3v) is 7.78. The Kier molecular flexibility index (Phi) is 12.6. The van der Waals surface area contributed by atoms with Gasteiger partial charge in [-0.2, -0.15) is 0 Å². The highest BCUT2D eigenvalue weighted by molar-refractivity contribution is 5.19. The SMILES string of the molecule is C=CCC(C)/C=C1\OC(COCc2ccccc2)[C@@H](OCc2ccccc2)C(OCc2ccccc2)C1OCc1ccccc1. The number of hydrogen-bond acceptors (Lipinski definition) is 5. The summed E-state index contributed by atoms with van der Waals surface area (Å²) in [5, 5.41) is 0. The molecule has 5 rings (SSSR count). The topological polar surface area (TPSA) is 46.2 Å². The zero-order chi connectivity index (χ0) is 31.1. The van der Waals surface area contributed by atoms with Crippen molar-refractivity contribution >= 4 is 0 Å². The van der Waals surface area contributed by atoms with Crippen LogP contribution in [0.5, 0.6) is 0 Å². The van der Waals surface area contributed by atoms with Gasteiger partial charge in [-0.15, -0.1) is 6.58 Å². The number of rotatable bonds is 16. The van der Waals surface area contributed by atoms with E-state index in [4.69, 9.17) is 23.7 Å². The van der Waals surface area contributed by atoms with Crippen molar-refractivity contribution in [1.29, 1.82) is 0 Å². The lowest BCUT2D eigenvalue weighted by atomic mass is 9.94. The maximum atomic E-state index is 6.80. The molecule has 0 N–H and O–H groups in total. The summed E-state index contributed by atoms with van der Waals surface area (Å²) in [6.07, 6.45) is 3.06. The van der Waals surface area contributed by atoms with Gasteiger partial charge in [0.2, 0.25) is 0 Å². The molecule has 0 aliphatic carbocycles. The Bertz CT molecular complexity index is 1430. The molecule has 0 spiro atoms. The number of allylic oxidation sites excluding steroid dienone is 2. The van der Waals surface area contributed by atoms with E-state index in [1.807, 2.05) is 78.9 Å². The maximum absolute atomic E-state index is 6.80. The van der Waals surface area contributed by atoms with E-state index in [2.05, 4.69) is 68.1 Å². The maximum Gasteiger partial charge on any atom is 0.150 e. The average Bonchev–Trinajstić information content (AvgIpc) is 3.08. The van der Waals surface area contributed by atoms with Gasteiger partial charge in [-0.3, -0.25) is 0 Å². The van der Waals surface area contributed by atoms with E-state index in [1.54, 1.807) is 0 Å². The lowest BCUT2D eigenvalue weighted by Crippen LogP contribution is -2.56. The first-order chi connectivity index (χ1) is 22.2. The van der Waals surface area contributed by atoms with Gasteiger partial charge in [0.25, 0.3) is 0 Å². The number of benzene rings is 4. The first-order valence-corrected chi connectivity index (χ1v) is 15.8. The first-order valence-electron chi connectivity index (χ1n) is 15.8. The standard InChI is InChI=1S/C40H44O5/c1-3-16-31(2)25-36-38(42-27-33-19-10-5-11-20-33)40(44-29-35-23-14-7-15-24-35)39(43-28-34-21-12-6-13-22-34)37(45-36)30-41-26-32-17-8-4-9-18-32/h3-15,17-25,31,37-40H,1,16,26-30H2,2H3/b36-25-/t31?,37?,38?,39-,40?/m1/s1. The second-order valence-electron chi connectivity index (χ2n) is 11.5. The molecule has 1 saturated heterocycles. The van der Waals surface area contributed by atoms with E-state index < -0.39 is 24.4 Å². The van der Waals surface area contributed by atoms with Crippen molar-refractivity contribution in [3.05, 3.63) is 168 Å². The van der Waals surface area contributed by atoms with Gasteiger partial charge in [0, 0.05) is 0 Å². The molecule has 5 heteroatoms. The second kappa shape index (κ2) is 17.5. The Hall–Kier alpha value is -4.00. The summed E-state index contributed by atoms with van der Waals surface area (Å²) in [6.45, 7) is 8.14. The van der Waals surface area contributed by atoms with E-state index in [9.17, 15) is 0 Å². The van der Waals surface area contributed by atoms with Gasteiger partial charge < -0.3 is 23.7 Å². The lowest BCUT2D eigenvalue weighted by molar-refractivity contribution is -0.223. The van der Waals surface area contributed by atoms with E-state index in [0.717, 1.165) is 34.4 Å². The summed E-state index contributed by atoms with van der Waals surface area (Å²) in [4.78, 5) is 0. The third-order valence-electron chi connectivity index (χ3n) is 7.78. The largest absolute Gasteiger partial charge is 0.487 e. The monoisotopic (exact) mass is 604 g/mol. The normalized spacial score (nSPS) is 21.2. The van der Waals surface area contributed by atoms with Gasteiger partial charge in [-0.05, 0) is 40.7 Å². The van der Waals surface area contributed by atoms with Crippen LogP contribution < -0.4 is 0 Å². The molecule has 0 bridgehead atoms. The molecular weight excluding hydrogens is 560 g/mol. The summed E-state index contributed by atoms with van der Waals surface area (Å²) in [5.41, 5.74) is 4.33. The van der Waals surface area contributed by atoms with Crippen LogP contribution in [-0.2, 0) is 50.1 Å². The molecule has 234 valence electrons. The average molecular weight is 605 g/mol. The van der Waals surface area contributed by atoms with Crippen molar-refractivity contribution in [3.63, 3.8) is 0 Å². The van der Waals surface area contributed by atoms with Gasteiger partial charge in [0.1, 0.15) is 24.1 Å². The Balaban J connectivity index is 1.46. The minimum Gasteiger partial charge on any atom is -0.487 e. The minimum atomic E-state index is -0.493. The molecule has 4 aromatic rings. The van der Waals surface area contributed by atoms with Gasteiger partial charge >= 0.3 is 0 Å². The van der Waals surface area contributed by atoms with Crippen molar-refractivity contribution in [2.45, 2.75) is 64.2 Å². The molecular formula is C40H44O5. The Morgan fingerprint density at radius 3 is 1.56 bits per heavy atom. The van der Waals surface area contributed by atoms with Crippen molar-refractivity contribution in [3.8, 4) is 0 Å². The van der Waals surface area contributed by atoms with Crippen LogP contribution in [0.4, 0.5) is 0 Å². The molecule has 0 aromatic heterocycles. The van der Waals surface area contributed by atoms with Gasteiger partial charge in [0.05, 0.1) is 33.0 Å². The van der Waals surface area contributed by atoms with Crippen LogP contribution in [0.1, 0.15) is 35.6 Å². The summed E-state index contributed by atoms with van der Waals surface area (Å²) in [6, 6.07) is 40.7. The summed E-state index contributed by atoms with van der Waals surface area (Å²) < 4.78 is 33.3. The van der Waals surface area contributed by atoms with E-state index in [1.165, 1.54) is 0 Å². The highest BCUT2D eigenvalue weighted by atomic mass is 16.6. The molecule has 1 aliphatic rings. The lowest BCUT2D eigenvalue weighted by Gasteiger charge is -2.44. The van der Waals surface area contributed by atoms with Crippen LogP contribution in [0.3, 0.4) is 0 Å². The molecule has 5 nitrogen and oxygen atoms in total. The summed E-state index contributed by atoms with van der Waals surface area (Å²) in [7, 11) is 0. The van der Waals surface area contributed by atoms with Crippen LogP contribution in [0, 0.1) is 5.92 Å². The predicted molar refractivity (Wildman–Crippen MR) is 178 cm³/mol. The number of ether oxygens (including phenoxy) is 5. The summed E-state index contributed by atoms with van der Waals surface area (Å²) >= 11 is 0. The quantitative estimate of drug-likeness (QED) is 0.120. The molecule has 5 atom stereocenters. The van der Waals surface area contributed by atoms with E-state index in [0.29, 0.717) is 33.0 Å². The minimum absolute atomic E-state index is 0.197. The van der Waals surface area contributed by atoms with Gasteiger partial charge in [-0.25, -0.2) is 0 Å². The van der Waals surface area contributed by atoms with E-state index >= 15 is 0 Å². The zero-order valence-corrected chi connectivity index (χ0v) is 26.1. The van der Waals surface area contributed by atoms with Crippen LogP contribution in [-0.4, -0.2) is 31.0 Å². The van der Waals surface area contributed by atoms with Crippen molar-refractivity contribution < 1.29 is 23.7 Å². The zero-order valence-electron chi connectivity index (χ0n) is 26.1. The summed E-state index contributed by atoms with van der Waals surface area (Å²) in [5.74, 6) is 0.939. The molecule has 45 heavy (non-hydrogen) atoms. The molecule has 1 fully saturated rings. The first kappa shape index (κ1) is 32.4. The smallest absolute Gasteiger partial charge is 0.150 e. The predicted octanol–water partition coefficient (Wildman–Crippen LogP) is 8.45.